The maximum Gasteiger partial charge on any atom is 0.407 e. The van der Waals surface area contributed by atoms with Crippen molar-refractivity contribution in [1.82, 2.24) is 15.5 Å². The molecule has 2 aliphatic rings. The molecule has 6 heteroatoms. The minimum Gasteiger partial charge on any atom is -0.444 e. The second kappa shape index (κ2) is 6.64. The maximum atomic E-state index is 11.6. The lowest BCUT2D eigenvalue weighted by atomic mass is 10.1. The summed E-state index contributed by atoms with van der Waals surface area (Å²) >= 11 is 0. The molecule has 0 aromatic rings. The predicted molar refractivity (Wildman–Crippen MR) is 79.9 cm³/mol. The average molecular weight is 297 g/mol. The molecule has 21 heavy (non-hydrogen) atoms. The molecule has 0 bridgehead atoms. The molecular formula is C15H27N3O3. The highest BCUT2D eigenvalue weighted by Crippen LogP contribution is 2.18. The summed E-state index contributed by atoms with van der Waals surface area (Å²) in [6.45, 7) is 9.17. The van der Waals surface area contributed by atoms with Gasteiger partial charge in [-0.15, -0.1) is 0 Å². The van der Waals surface area contributed by atoms with E-state index in [0.29, 0.717) is 24.9 Å². The third-order valence-corrected chi connectivity index (χ3v) is 3.87. The van der Waals surface area contributed by atoms with Crippen molar-refractivity contribution in [3.8, 4) is 0 Å². The lowest BCUT2D eigenvalue weighted by Crippen LogP contribution is -2.39. The number of rotatable bonds is 4. The second-order valence-electron chi connectivity index (χ2n) is 7.10. The van der Waals surface area contributed by atoms with Gasteiger partial charge in [0.2, 0.25) is 5.91 Å². The fourth-order valence-electron chi connectivity index (χ4n) is 2.91. The molecule has 0 unspecified atom stereocenters. The van der Waals surface area contributed by atoms with Gasteiger partial charge in [0.1, 0.15) is 5.60 Å². The SMILES string of the molecule is CC(C)(C)OC(=O)NC[C@@H]1CCN(C[C@@H]2CCC(=O)N2)C1. The summed E-state index contributed by atoms with van der Waals surface area (Å²) in [5, 5.41) is 5.85. The van der Waals surface area contributed by atoms with Crippen molar-refractivity contribution < 1.29 is 14.3 Å². The van der Waals surface area contributed by atoms with Crippen LogP contribution in [0.5, 0.6) is 0 Å². The van der Waals surface area contributed by atoms with E-state index in [4.69, 9.17) is 4.74 Å². The summed E-state index contributed by atoms with van der Waals surface area (Å²) in [5.74, 6) is 0.636. The Morgan fingerprint density at radius 2 is 2.19 bits per heavy atom. The number of likely N-dealkylation sites (tertiary alicyclic amines) is 1. The molecule has 2 saturated heterocycles. The van der Waals surface area contributed by atoms with Gasteiger partial charge in [-0.25, -0.2) is 4.79 Å². The number of ether oxygens (including phenoxy) is 1. The first kappa shape index (κ1) is 16.1. The van der Waals surface area contributed by atoms with E-state index in [1.54, 1.807) is 0 Å². The van der Waals surface area contributed by atoms with E-state index < -0.39 is 5.60 Å². The summed E-state index contributed by atoms with van der Waals surface area (Å²) in [7, 11) is 0. The van der Waals surface area contributed by atoms with Crippen LogP contribution < -0.4 is 10.6 Å². The largest absolute Gasteiger partial charge is 0.444 e. The molecule has 0 saturated carbocycles. The number of nitrogens with one attached hydrogen (secondary N) is 2. The first-order chi connectivity index (χ1) is 9.82. The highest BCUT2D eigenvalue weighted by molar-refractivity contribution is 5.78. The number of carbonyl (C=O) groups is 2. The van der Waals surface area contributed by atoms with Crippen LogP contribution in [0.25, 0.3) is 0 Å². The van der Waals surface area contributed by atoms with E-state index in [1.165, 1.54) is 0 Å². The summed E-state index contributed by atoms with van der Waals surface area (Å²) in [4.78, 5) is 25.2. The second-order valence-corrected chi connectivity index (χ2v) is 7.10. The third-order valence-electron chi connectivity index (χ3n) is 3.87. The number of nitrogens with zero attached hydrogens (tertiary/aromatic N) is 1. The molecule has 2 atom stereocenters. The van der Waals surface area contributed by atoms with Gasteiger partial charge in [0.25, 0.3) is 0 Å². The molecule has 6 nitrogen and oxygen atoms in total. The molecule has 0 radical (unpaired) electrons. The van der Waals surface area contributed by atoms with Crippen molar-refractivity contribution in [2.24, 2.45) is 5.92 Å². The average Bonchev–Trinajstić information content (AvgIpc) is 2.95. The first-order valence-electron chi connectivity index (χ1n) is 7.80. The molecule has 0 spiro atoms. The van der Waals surface area contributed by atoms with E-state index in [2.05, 4.69) is 15.5 Å². The number of alkyl carbamates (subject to hydrolysis) is 1. The third kappa shape index (κ3) is 5.53. The van der Waals surface area contributed by atoms with E-state index in [1.807, 2.05) is 20.8 Å². The Morgan fingerprint density at radius 3 is 2.81 bits per heavy atom. The fourth-order valence-corrected chi connectivity index (χ4v) is 2.91. The molecule has 2 N–H and O–H groups in total. The quantitative estimate of drug-likeness (QED) is 0.815. The Morgan fingerprint density at radius 1 is 1.43 bits per heavy atom. The zero-order valence-electron chi connectivity index (χ0n) is 13.3. The summed E-state index contributed by atoms with van der Waals surface area (Å²) in [5.41, 5.74) is -0.452. The smallest absolute Gasteiger partial charge is 0.407 e. The van der Waals surface area contributed by atoms with Crippen molar-refractivity contribution in [3.05, 3.63) is 0 Å². The van der Waals surface area contributed by atoms with Crippen molar-refractivity contribution in [3.63, 3.8) is 0 Å². The summed E-state index contributed by atoms with van der Waals surface area (Å²) in [6, 6.07) is 0.301. The standard InChI is InChI=1S/C15H27N3O3/c1-15(2,3)21-14(20)16-8-11-6-7-18(9-11)10-12-4-5-13(19)17-12/h11-12H,4-10H2,1-3H3,(H,16,20)(H,17,19)/t11-,12-/m0/s1. The molecular weight excluding hydrogens is 270 g/mol. The summed E-state index contributed by atoms with van der Waals surface area (Å²) in [6.07, 6.45) is 2.33. The first-order valence-corrected chi connectivity index (χ1v) is 7.80. The highest BCUT2D eigenvalue weighted by atomic mass is 16.6. The van der Waals surface area contributed by atoms with Crippen LogP contribution in [0.2, 0.25) is 0 Å². The zero-order valence-corrected chi connectivity index (χ0v) is 13.3. The molecule has 2 rings (SSSR count). The molecule has 120 valence electrons. The van der Waals surface area contributed by atoms with Gasteiger partial charge in [-0.3, -0.25) is 4.79 Å². The molecule has 0 aromatic carbocycles. The van der Waals surface area contributed by atoms with Crippen LogP contribution in [-0.4, -0.2) is 54.7 Å². The van der Waals surface area contributed by atoms with Gasteiger partial charge in [-0.05, 0) is 46.1 Å². The molecule has 0 aromatic heterocycles. The number of carbonyl (C=O) groups excluding carboxylic acids is 2. The fraction of sp³-hybridized carbons (Fsp3) is 0.867. The van der Waals surface area contributed by atoms with Gasteiger partial charge in [-0.1, -0.05) is 0 Å². The van der Waals surface area contributed by atoms with Crippen molar-refractivity contribution >= 4 is 12.0 Å². The number of hydrogen-bond donors (Lipinski definition) is 2. The van der Waals surface area contributed by atoms with Crippen LogP contribution in [-0.2, 0) is 9.53 Å². The lowest BCUT2D eigenvalue weighted by Gasteiger charge is -2.22. The Labute approximate surface area is 126 Å². The molecule has 2 fully saturated rings. The molecule has 2 heterocycles. The van der Waals surface area contributed by atoms with Crippen LogP contribution in [0.3, 0.4) is 0 Å². The van der Waals surface area contributed by atoms with E-state index >= 15 is 0 Å². The highest BCUT2D eigenvalue weighted by Gasteiger charge is 2.28. The van der Waals surface area contributed by atoms with Gasteiger partial charge in [-0.2, -0.15) is 0 Å². The van der Waals surface area contributed by atoms with E-state index in [9.17, 15) is 9.59 Å². The van der Waals surface area contributed by atoms with Crippen molar-refractivity contribution in [1.29, 1.82) is 0 Å². The Bertz CT molecular complexity index is 392. The Kier molecular flexibility index (Phi) is 5.08. The Hall–Kier alpha value is -1.30. The van der Waals surface area contributed by atoms with Gasteiger partial charge in [0.05, 0.1) is 0 Å². The monoisotopic (exact) mass is 297 g/mol. The molecule has 0 aliphatic carbocycles. The topological polar surface area (TPSA) is 70.7 Å². The zero-order chi connectivity index (χ0) is 15.5. The predicted octanol–water partition coefficient (Wildman–Crippen LogP) is 1.11. The van der Waals surface area contributed by atoms with Crippen LogP contribution in [0.1, 0.15) is 40.0 Å². The van der Waals surface area contributed by atoms with Gasteiger partial charge >= 0.3 is 6.09 Å². The van der Waals surface area contributed by atoms with Gasteiger partial charge in [0.15, 0.2) is 0 Å². The van der Waals surface area contributed by atoms with E-state index in [0.717, 1.165) is 32.5 Å². The van der Waals surface area contributed by atoms with Gasteiger partial charge < -0.3 is 20.3 Å². The number of amides is 2. The summed E-state index contributed by atoms with van der Waals surface area (Å²) < 4.78 is 5.23. The van der Waals surface area contributed by atoms with Gasteiger partial charge in [0, 0.05) is 32.1 Å². The van der Waals surface area contributed by atoms with Crippen LogP contribution in [0.15, 0.2) is 0 Å². The van der Waals surface area contributed by atoms with Crippen molar-refractivity contribution in [2.45, 2.75) is 51.7 Å². The molecule has 2 amide bonds. The van der Waals surface area contributed by atoms with Crippen LogP contribution in [0.4, 0.5) is 4.79 Å². The van der Waals surface area contributed by atoms with Crippen molar-refractivity contribution in [2.75, 3.05) is 26.2 Å². The Balaban J connectivity index is 1.64. The van der Waals surface area contributed by atoms with E-state index in [-0.39, 0.29) is 12.0 Å². The molecule has 2 aliphatic heterocycles. The normalized spacial score (nSPS) is 26.7. The minimum absolute atomic E-state index is 0.169. The van der Waals surface area contributed by atoms with Crippen LogP contribution in [0, 0.1) is 5.92 Å². The van der Waals surface area contributed by atoms with Crippen LogP contribution >= 0.6 is 0 Å². The lowest BCUT2D eigenvalue weighted by molar-refractivity contribution is -0.119. The maximum absolute atomic E-state index is 11.6. The minimum atomic E-state index is -0.452. The number of hydrogen-bond acceptors (Lipinski definition) is 4.